The minimum atomic E-state index is -1.11. The van der Waals surface area contributed by atoms with E-state index in [0.29, 0.717) is 12.2 Å². The van der Waals surface area contributed by atoms with E-state index < -0.39 is 17.8 Å². The Hall–Kier alpha value is -2.68. The zero-order valence-electron chi connectivity index (χ0n) is 11.6. The summed E-state index contributed by atoms with van der Waals surface area (Å²) in [6.45, 7) is 0.191. The fourth-order valence-electron chi connectivity index (χ4n) is 2.32. The van der Waals surface area contributed by atoms with Gasteiger partial charge >= 0.3 is 11.7 Å². The molecule has 116 valence electrons. The zero-order valence-corrected chi connectivity index (χ0v) is 11.6. The minimum absolute atomic E-state index is 0.0315. The van der Waals surface area contributed by atoms with Crippen LogP contribution in [-0.2, 0) is 20.9 Å². The normalized spacial score (nSPS) is 18.5. The lowest BCUT2D eigenvalue weighted by Crippen LogP contribution is -2.50. The van der Waals surface area contributed by atoms with Gasteiger partial charge in [0.25, 0.3) is 0 Å². The topological polar surface area (TPSA) is 106 Å². The van der Waals surface area contributed by atoms with Crippen molar-refractivity contribution in [2.24, 2.45) is 0 Å². The number of aromatic nitrogens is 3. The Balaban J connectivity index is 1.77. The fraction of sp³-hybridized carbons (Fsp3) is 0.385. The largest absolute Gasteiger partial charge is 0.479 e. The van der Waals surface area contributed by atoms with E-state index in [1.807, 2.05) is 0 Å². The molecule has 0 aromatic carbocycles. The van der Waals surface area contributed by atoms with Crippen LogP contribution in [0.1, 0.15) is 0 Å². The number of carboxylic acid groups (broad SMARTS) is 1. The molecular formula is C13H14N4O5. The molecule has 1 saturated heterocycles. The number of amides is 1. The predicted octanol–water partition coefficient (Wildman–Crippen LogP) is -1.19. The van der Waals surface area contributed by atoms with E-state index in [-0.39, 0.29) is 25.6 Å². The van der Waals surface area contributed by atoms with Gasteiger partial charge in [-0.15, -0.1) is 5.10 Å². The van der Waals surface area contributed by atoms with Crippen molar-refractivity contribution in [1.82, 2.24) is 19.1 Å². The Labute approximate surface area is 124 Å². The molecule has 0 saturated carbocycles. The molecule has 0 bridgehead atoms. The van der Waals surface area contributed by atoms with E-state index in [1.54, 1.807) is 24.4 Å². The van der Waals surface area contributed by atoms with Crippen molar-refractivity contribution in [3.8, 4) is 0 Å². The van der Waals surface area contributed by atoms with Gasteiger partial charge in [0.15, 0.2) is 11.8 Å². The molecule has 22 heavy (non-hydrogen) atoms. The van der Waals surface area contributed by atoms with E-state index in [0.717, 1.165) is 4.68 Å². The van der Waals surface area contributed by atoms with Gasteiger partial charge in [0.2, 0.25) is 5.91 Å². The average molecular weight is 306 g/mol. The van der Waals surface area contributed by atoms with Crippen molar-refractivity contribution < 1.29 is 19.4 Å². The van der Waals surface area contributed by atoms with E-state index in [1.165, 1.54) is 9.30 Å². The monoisotopic (exact) mass is 306 g/mol. The number of pyridine rings is 1. The van der Waals surface area contributed by atoms with E-state index in [4.69, 9.17) is 9.84 Å². The van der Waals surface area contributed by atoms with Gasteiger partial charge in [-0.25, -0.2) is 14.3 Å². The summed E-state index contributed by atoms with van der Waals surface area (Å²) >= 11 is 0. The summed E-state index contributed by atoms with van der Waals surface area (Å²) in [5, 5.41) is 13.0. The second kappa shape index (κ2) is 5.60. The molecule has 9 nitrogen and oxygen atoms in total. The molecule has 0 spiro atoms. The molecule has 3 rings (SSSR count). The maximum absolute atomic E-state index is 12.2. The number of carbonyl (C=O) groups excluding carboxylic acids is 1. The van der Waals surface area contributed by atoms with Gasteiger partial charge < -0.3 is 14.7 Å². The number of rotatable bonds is 3. The lowest BCUT2D eigenvalue weighted by atomic mass is 10.2. The summed E-state index contributed by atoms with van der Waals surface area (Å²) in [6.07, 6.45) is 0.538. The molecule has 1 aliphatic heterocycles. The highest BCUT2D eigenvalue weighted by Gasteiger charge is 2.29. The van der Waals surface area contributed by atoms with Crippen LogP contribution >= 0.6 is 0 Å². The first-order valence-electron chi connectivity index (χ1n) is 6.72. The molecule has 1 aliphatic rings. The standard InChI is InChI=1S/C13H14N4O5/c18-11(15-5-6-22-9(7-15)12(19)20)8-17-13(21)16-4-2-1-3-10(16)14-17/h1-4,9H,5-8H2,(H,19,20)/t9-/m0/s1. The van der Waals surface area contributed by atoms with Crippen LogP contribution in [0.15, 0.2) is 29.2 Å². The lowest BCUT2D eigenvalue weighted by Gasteiger charge is -2.30. The first-order valence-corrected chi connectivity index (χ1v) is 6.72. The highest BCUT2D eigenvalue weighted by Crippen LogP contribution is 2.06. The number of aliphatic carboxylic acids is 1. The lowest BCUT2D eigenvalue weighted by molar-refractivity contribution is -0.159. The van der Waals surface area contributed by atoms with Gasteiger partial charge in [-0.2, -0.15) is 0 Å². The van der Waals surface area contributed by atoms with Crippen LogP contribution in [0.3, 0.4) is 0 Å². The molecular weight excluding hydrogens is 292 g/mol. The molecule has 9 heteroatoms. The van der Waals surface area contributed by atoms with Gasteiger partial charge in [-0.3, -0.25) is 9.20 Å². The number of hydrogen-bond acceptors (Lipinski definition) is 5. The summed E-state index contributed by atoms with van der Waals surface area (Å²) in [4.78, 5) is 36.6. The third-order valence-corrected chi connectivity index (χ3v) is 3.47. The quantitative estimate of drug-likeness (QED) is 0.764. The van der Waals surface area contributed by atoms with Gasteiger partial charge in [0, 0.05) is 12.7 Å². The van der Waals surface area contributed by atoms with Crippen molar-refractivity contribution >= 4 is 17.5 Å². The second-order valence-electron chi connectivity index (χ2n) is 4.91. The van der Waals surface area contributed by atoms with Gasteiger partial charge in [-0.05, 0) is 12.1 Å². The van der Waals surface area contributed by atoms with Crippen molar-refractivity contribution in [3.63, 3.8) is 0 Å². The first kappa shape index (κ1) is 14.3. The van der Waals surface area contributed by atoms with Crippen LogP contribution in [0.2, 0.25) is 0 Å². The summed E-state index contributed by atoms with van der Waals surface area (Å²) < 4.78 is 7.47. The molecule has 1 fully saturated rings. The van der Waals surface area contributed by atoms with Crippen LogP contribution in [0.5, 0.6) is 0 Å². The highest BCUT2D eigenvalue weighted by atomic mass is 16.5. The van der Waals surface area contributed by atoms with Crippen LogP contribution in [-0.4, -0.2) is 61.9 Å². The summed E-state index contributed by atoms with van der Waals surface area (Å²) in [5.41, 5.74) is 0.0395. The number of fused-ring (bicyclic) bond motifs is 1. The molecule has 0 unspecified atom stereocenters. The van der Waals surface area contributed by atoms with Gasteiger partial charge in [-0.1, -0.05) is 6.07 Å². The maximum atomic E-state index is 12.2. The van der Waals surface area contributed by atoms with Crippen molar-refractivity contribution in [3.05, 3.63) is 34.9 Å². The molecule has 1 atom stereocenters. The molecule has 1 amide bonds. The third kappa shape index (κ3) is 2.58. The Morgan fingerprint density at radius 1 is 1.41 bits per heavy atom. The van der Waals surface area contributed by atoms with E-state index in [2.05, 4.69) is 5.10 Å². The third-order valence-electron chi connectivity index (χ3n) is 3.47. The molecule has 2 aromatic rings. The Morgan fingerprint density at radius 3 is 2.95 bits per heavy atom. The zero-order chi connectivity index (χ0) is 15.7. The summed E-state index contributed by atoms with van der Waals surface area (Å²) in [7, 11) is 0. The molecule has 0 radical (unpaired) electrons. The second-order valence-corrected chi connectivity index (χ2v) is 4.91. The fourth-order valence-corrected chi connectivity index (χ4v) is 2.32. The number of hydrogen-bond donors (Lipinski definition) is 1. The number of morpholine rings is 1. The Kier molecular flexibility index (Phi) is 3.63. The van der Waals surface area contributed by atoms with Crippen molar-refractivity contribution in [2.75, 3.05) is 19.7 Å². The summed E-state index contributed by atoms with van der Waals surface area (Å²) in [6, 6.07) is 5.10. The van der Waals surface area contributed by atoms with Crippen LogP contribution in [0.25, 0.3) is 5.65 Å². The van der Waals surface area contributed by atoms with E-state index in [9.17, 15) is 14.4 Å². The number of ether oxygens (including phenoxy) is 1. The van der Waals surface area contributed by atoms with Gasteiger partial charge in [0.05, 0.1) is 13.2 Å². The minimum Gasteiger partial charge on any atom is -0.479 e. The SMILES string of the molecule is O=C(O)[C@@H]1CN(C(=O)Cn2nc3ccccn3c2=O)CCO1. The van der Waals surface area contributed by atoms with Crippen LogP contribution in [0, 0.1) is 0 Å². The molecule has 2 aromatic heterocycles. The molecule has 3 heterocycles. The Morgan fingerprint density at radius 2 is 2.23 bits per heavy atom. The number of nitrogens with zero attached hydrogens (tertiary/aromatic N) is 4. The Bertz CT molecular complexity index is 780. The maximum Gasteiger partial charge on any atom is 0.350 e. The van der Waals surface area contributed by atoms with E-state index >= 15 is 0 Å². The first-order chi connectivity index (χ1) is 10.6. The van der Waals surface area contributed by atoms with Crippen LogP contribution in [0.4, 0.5) is 0 Å². The number of carboxylic acids is 1. The summed E-state index contributed by atoms with van der Waals surface area (Å²) in [5.74, 6) is -1.47. The smallest absolute Gasteiger partial charge is 0.350 e. The highest BCUT2D eigenvalue weighted by molar-refractivity contribution is 5.78. The molecule has 1 N–H and O–H groups in total. The van der Waals surface area contributed by atoms with Crippen molar-refractivity contribution in [2.45, 2.75) is 12.6 Å². The molecule has 0 aliphatic carbocycles. The average Bonchev–Trinajstić information content (AvgIpc) is 2.84. The number of carbonyl (C=O) groups is 2. The van der Waals surface area contributed by atoms with Crippen LogP contribution < -0.4 is 5.69 Å². The van der Waals surface area contributed by atoms with Gasteiger partial charge in [0.1, 0.15) is 6.54 Å². The van der Waals surface area contributed by atoms with Crippen molar-refractivity contribution in [1.29, 1.82) is 0 Å². The predicted molar refractivity (Wildman–Crippen MR) is 73.4 cm³/mol.